The fraction of sp³-hybridized carbons (Fsp3) is 0.636. The standard InChI is InChI=1S/C11H18N4O/c1-8-10(12-2)13-7-14-11(8)15(3)9-4-5-16-6-9/h7,9H,4-6H2,1-3H3,(H,12,13,14). The Morgan fingerprint density at radius 2 is 2.31 bits per heavy atom. The Bertz CT molecular complexity index is 363. The minimum absolute atomic E-state index is 0.429. The molecule has 1 saturated heterocycles. The van der Waals surface area contributed by atoms with Gasteiger partial charge in [0.25, 0.3) is 0 Å². The van der Waals surface area contributed by atoms with E-state index in [1.165, 1.54) is 0 Å². The molecular formula is C11H18N4O. The quantitative estimate of drug-likeness (QED) is 0.828. The normalized spacial score (nSPS) is 19.8. The number of nitrogens with one attached hydrogen (secondary N) is 1. The van der Waals surface area contributed by atoms with E-state index in [1.807, 2.05) is 14.0 Å². The highest BCUT2D eigenvalue weighted by Crippen LogP contribution is 2.24. The number of likely N-dealkylation sites (N-methyl/N-ethyl adjacent to an activating group) is 1. The van der Waals surface area contributed by atoms with Crippen LogP contribution in [0.5, 0.6) is 0 Å². The van der Waals surface area contributed by atoms with E-state index in [0.717, 1.165) is 36.8 Å². The first-order chi connectivity index (χ1) is 7.74. The lowest BCUT2D eigenvalue weighted by molar-refractivity contribution is 0.193. The molecule has 1 unspecified atom stereocenters. The topological polar surface area (TPSA) is 50.3 Å². The number of hydrogen-bond acceptors (Lipinski definition) is 5. The summed E-state index contributed by atoms with van der Waals surface area (Å²) in [5.74, 6) is 1.87. The van der Waals surface area contributed by atoms with Gasteiger partial charge in [-0.3, -0.25) is 0 Å². The van der Waals surface area contributed by atoms with Crippen molar-refractivity contribution >= 4 is 11.6 Å². The van der Waals surface area contributed by atoms with Crippen LogP contribution in [0.1, 0.15) is 12.0 Å². The van der Waals surface area contributed by atoms with Gasteiger partial charge in [-0.25, -0.2) is 9.97 Å². The molecule has 0 amide bonds. The first-order valence-corrected chi connectivity index (χ1v) is 5.54. The molecule has 88 valence electrons. The van der Waals surface area contributed by atoms with Crippen LogP contribution < -0.4 is 10.2 Å². The van der Waals surface area contributed by atoms with Crippen molar-refractivity contribution < 1.29 is 4.74 Å². The maximum atomic E-state index is 5.40. The third-order valence-corrected chi connectivity index (χ3v) is 3.08. The molecule has 1 fully saturated rings. The van der Waals surface area contributed by atoms with Crippen molar-refractivity contribution in [1.82, 2.24) is 9.97 Å². The predicted molar refractivity (Wildman–Crippen MR) is 63.9 cm³/mol. The van der Waals surface area contributed by atoms with E-state index in [0.29, 0.717) is 6.04 Å². The van der Waals surface area contributed by atoms with E-state index in [2.05, 4.69) is 27.2 Å². The Balaban J connectivity index is 2.25. The van der Waals surface area contributed by atoms with Gasteiger partial charge in [0.1, 0.15) is 18.0 Å². The van der Waals surface area contributed by atoms with Gasteiger partial charge in [-0.05, 0) is 13.3 Å². The molecule has 0 saturated carbocycles. The zero-order valence-electron chi connectivity index (χ0n) is 10.0. The lowest BCUT2D eigenvalue weighted by atomic mass is 10.2. The molecule has 0 aromatic carbocycles. The average molecular weight is 222 g/mol. The largest absolute Gasteiger partial charge is 0.379 e. The van der Waals surface area contributed by atoms with Crippen LogP contribution in [-0.2, 0) is 4.74 Å². The third kappa shape index (κ3) is 1.95. The van der Waals surface area contributed by atoms with Gasteiger partial charge < -0.3 is 15.0 Å². The van der Waals surface area contributed by atoms with Crippen molar-refractivity contribution in [2.24, 2.45) is 0 Å². The van der Waals surface area contributed by atoms with Crippen molar-refractivity contribution in [3.05, 3.63) is 11.9 Å². The Morgan fingerprint density at radius 3 is 2.94 bits per heavy atom. The van der Waals surface area contributed by atoms with Crippen molar-refractivity contribution in [3.8, 4) is 0 Å². The zero-order valence-corrected chi connectivity index (χ0v) is 10.0. The lowest BCUT2D eigenvalue weighted by Crippen LogP contribution is -2.33. The highest BCUT2D eigenvalue weighted by atomic mass is 16.5. The summed E-state index contributed by atoms with van der Waals surface area (Å²) >= 11 is 0. The monoisotopic (exact) mass is 222 g/mol. The van der Waals surface area contributed by atoms with Gasteiger partial charge in [0.05, 0.1) is 12.6 Å². The smallest absolute Gasteiger partial charge is 0.137 e. The van der Waals surface area contributed by atoms with E-state index < -0.39 is 0 Å². The number of hydrogen-bond donors (Lipinski definition) is 1. The van der Waals surface area contributed by atoms with Crippen LogP contribution in [0.3, 0.4) is 0 Å². The van der Waals surface area contributed by atoms with Crippen molar-refractivity contribution in [1.29, 1.82) is 0 Å². The molecule has 1 aromatic rings. The Morgan fingerprint density at radius 1 is 1.50 bits per heavy atom. The summed E-state index contributed by atoms with van der Waals surface area (Å²) in [5.41, 5.74) is 1.08. The average Bonchev–Trinajstić information content (AvgIpc) is 2.82. The number of aromatic nitrogens is 2. The molecule has 1 aromatic heterocycles. The van der Waals surface area contributed by atoms with E-state index >= 15 is 0 Å². The minimum Gasteiger partial charge on any atom is -0.379 e. The summed E-state index contributed by atoms with van der Waals surface area (Å²) in [6, 6.07) is 0.429. The summed E-state index contributed by atoms with van der Waals surface area (Å²) in [7, 11) is 3.94. The molecule has 5 nitrogen and oxygen atoms in total. The van der Waals surface area contributed by atoms with Gasteiger partial charge in [-0.15, -0.1) is 0 Å². The summed E-state index contributed by atoms with van der Waals surface area (Å²) in [5, 5.41) is 3.07. The van der Waals surface area contributed by atoms with Gasteiger partial charge >= 0.3 is 0 Å². The second kappa shape index (κ2) is 4.65. The molecule has 2 heterocycles. The van der Waals surface area contributed by atoms with Crippen molar-refractivity contribution in [2.75, 3.05) is 37.5 Å². The number of ether oxygens (including phenoxy) is 1. The molecule has 0 aliphatic carbocycles. The number of nitrogens with zero attached hydrogens (tertiary/aromatic N) is 3. The van der Waals surface area contributed by atoms with E-state index in [1.54, 1.807) is 6.33 Å². The molecule has 1 N–H and O–H groups in total. The highest BCUT2D eigenvalue weighted by molar-refractivity contribution is 5.57. The van der Waals surface area contributed by atoms with Gasteiger partial charge in [-0.1, -0.05) is 0 Å². The van der Waals surface area contributed by atoms with E-state index in [9.17, 15) is 0 Å². The fourth-order valence-corrected chi connectivity index (χ4v) is 2.05. The second-order valence-electron chi connectivity index (χ2n) is 4.05. The maximum Gasteiger partial charge on any atom is 0.137 e. The molecule has 0 bridgehead atoms. The van der Waals surface area contributed by atoms with Crippen molar-refractivity contribution in [3.63, 3.8) is 0 Å². The van der Waals surface area contributed by atoms with Crippen LogP contribution in [-0.4, -0.2) is 43.3 Å². The van der Waals surface area contributed by atoms with E-state index in [4.69, 9.17) is 4.74 Å². The van der Waals surface area contributed by atoms with Crippen LogP contribution in [0.25, 0.3) is 0 Å². The molecule has 1 atom stereocenters. The Hall–Kier alpha value is -1.36. The van der Waals surface area contributed by atoms with Gasteiger partial charge in [0.15, 0.2) is 0 Å². The zero-order chi connectivity index (χ0) is 11.5. The molecule has 1 aliphatic heterocycles. The predicted octanol–water partition coefficient (Wildman–Crippen LogP) is 1.05. The molecule has 5 heteroatoms. The fourth-order valence-electron chi connectivity index (χ4n) is 2.05. The first-order valence-electron chi connectivity index (χ1n) is 5.54. The van der Waals surface area contributed by atoms with Crippen LogP contribution >= 0.6 is 0 Å². The van der Waals surface area contributed by atoms with Gasteiger partial charge in [0.2, 0.25) is 0 Å². The molecule has 0 spiro atoms. The Kier molecular flexibility index (Phi) is 3.24. The molecular weight excluding hydrogens is 204 g/mol. The highest BCUT2D eigenvalue weighted by Gasteiger charge is 2.23. The minimum atomic E-state index is 0.429. The van der Waals surface area contributed by atoms with Crippen LogP contribution in [0.2, 0.25) is 0 Å². The molecule has 16 heavy (non-hydrogen) atoms. The third-order valence-electron chi connectivity index (χ3n) is 3.08. The summed E-state index contributed by atoms with van der Waals surface area (Å²) in [6.07, 6.45) is 2.66. The summed E-state index contributed by atoms with van der Waals surface area (Å²) in [4.78, 5) is 10.7. The SMILES string of the molecule is CNc1ncnc(N(C)C2CCOC2)c1C. The van der Waals surface area contributed by atoms with E-state index in [-0.39, 0.29) is 0 Å². The number of anilines is 2. The van der Waals surface area contributed by atoms with Crippen molar-refractivity contribution in [2.45, 2.75) is 19.4 Å². The van der Waals surface area contributed by atoms with Crippen LogP contribution in [0, 0.1) is 6.92 Å². The lowest BCUT2D eigenvalue weighted by Gasteiger charge is -2.26. The summed E-state index contributed by atoms with van der Waals surface area (Å²) in [6.45, 7) is 3.67. The summed E-state index contributed by atoms with van der Waals surface area (Å²) < 4.78 is 5.40. The Labute approximate surface area is 95.8 Å². The second-order valence-corrected chi connectivity index (χ2v) is 4.05. The van der Waals surface area contributed by atoms with Crippen LogP contribution in [0.4, 0.5) is 11.6 Å². The van der Waals surface area contributed by atoms with Crippen LogP contribution in [0.15, 0.2) is 6.33 Å². The molecule has 0 radical (unpaired) electrons. The number of rotatable bonds is 3. The van der Waals surface area contributed by atoms with Gasteiger partial charge in [0, 0.05) is 26.3 Å². The molecule has 1 aliphatic rings. The van der Waals surface area contributed by atoms with Gasteiger partial charge in [-0.2, -0.15) is 0 Å². The first kappa shape index (κ1) is 11.1. The maximum absolute atomic E-state index is 5.40. The molecule has 2 rings (SSSR count).